The molecule has 162 valence electrons. The fourth-order valence-electron chi connectivity index (χ4n) is 3.51. The van der Waals surface area contributed by atoms with Crippen molar-refractivity contribution in [2.24, 2.45) is 0 Å². The number of hydrogen-bond acceptors (Lipinski definition) is 3. The Morgan fingerprint density at radius 2 is 1.69 bits per heavy atom. The van der Waals surface area contributed by atoms with E-state index >= 15 is 0 Å². The van der Waals surface area contributed by atoms with Crippen molar-refractivity contribution in [3.8, 4) is 0 Å². The number of rotatable bonds is 4. The van der Waals surface area contributed by atoms with Crippen LogP contribution in [0, 0.1) is 6.92 Å². The maximum absolute atomic E-state index is 13.2. The molecule has 0 unspecified atom stereocenters. The van der Waals surface area contributed by atoms with Crippen molar-refractivity contribution in [2.75, 3.05) is 11.1 Å². The molecule has 4 rings (SSSR count). The van der Waals surface area contributed by atoms with Crippen molar-refractivity contribution in [1.82, 2.24) is 4.40 Å². The lowest BCUT2D eigenvalue weighted by atomic mass is 10.0. The molecular weight excluding hydrogens is 419 g/mol. The lowest BCUT2D eigenvalue weighted by Crippen LogP contribution is -2.15. The molecule has 0 aliphatic carbocycles. The van der Waals surface area contributed by atoms with Crippen LogP contribution < -0.4 is 11.1 Å². The van der Waals surface area contributed by atoms with Crippen LogP contribution in [0.2, 0.25) is 0 Å². The molecule has 32 heavy (non-hydrogen) atoms. The van der Waals surface area contributed by atoms with Crippen LogP contribution in [0.5, 0.6) is 0 Å². The molecular formula is C24H18F3N3O2. The van der Waals surface area contributed by atoms with Gasteiger partial charge in [-0.2, -0.15) is 13.2 Å². The van der Waals surface area contributed by atoms with Gasteiger partial charge in [-0.1, -0.05) is 42.0 Å². The molecule has 0 saturated carbocycles. The first-order valence-electron chi connectivity index (χ1n) is 9.65. The van der Waals surface area contributed by atoms with Gasteiger partial charge < -0.3 is 15.5 Å². The van der Waals surface area contributed by atoms with Crippen LogP contribution in [0.15, 0.2) is 72.9 Å². The van der Waals surface area contributed by atoms with E-state index in [4.69, 9.17) is 5.73 Å². The second-order valence-corrected chi connectivity index (χ2v) is 7.32. The van der Waals surface area contributed by atoms with Gasteiger partial charge in [-0.25, -0.2) is 0 Å². The summed E-state index contributed by atoms with van der Waals surface area (Å²) in [5.74, 6) is -1.09. The van der Waals surface area contributed by atoms with Gasteiger partial charge in [0.2, 0.25) is 5.78 Å². The minimum Gasteiger partial charge on any atom is -0.396 e. The third-order valence-corrected chi connectivity index (χ3v) is 5.09. The zero-order valence-corrected chi connectivity index (χ0v) is 16.9. The van der Waals surface area contributed by atoms with Crippen LogP contribution in [0.4, 0.5) is 24.5 Å². The molecule has 5 nitrogen and oxygen atoms in total. The number of nitrogens with two attached hydrogens (primary N) is 1. The van der Waals surface area contributed by atoms with E-state index in [1.54, 1.807) is 48.7 Å². The summed E-state index contributed by atoms with van der Waals surface area (Å²) in [6.07, 6.45) is -2.94. The van der Waals surface area contributed by atoms with E-state index in [0.717, 1.165) is 17.7 Å². The van der Waals surface area contributed by atoms with Crippen molar-refractivity contribution < 1.29 is 22.8 Å². The third-order valence-electron chi connectivity index (χ3n) is 5.09. The minimum atomic E-state index is -4.55. The molecule has 8 heteroatoms. The Morgan fingerprint density at radius 1 is 0.969 bits per heavy atom. The molecule has 1 amide bonds. The number of amides is 1. The SMILES string of the molecule is Cc1ccc(C(=O)c2c(N)c(C(=O)Nc3cccc(C(F)(F)F)c3)c3ccccn23)cc1. The van der Waals surface area contributed by atoms with Gasteiger partial charge >= 0.3 is 6.18 Å². The summed E-state index contributed by atoms with van der Waals surface area (Å²) in [5.41, 5.74) is 7.15. The number of aromatic nitrogens is 1. The minimum absolute atomic E-state index is 0.0125. The van der Waals surface area contributed by atoms with E-state index < -0.39 is 17.6 Å². The number of ketones is 1. The van der Waals surface area contributed by atoms with Crippen LogP contribution in [0.3, 0.4) is 0 Å². The van der Waals surface area contributed by atoms with Crippen LogP contribution in [-0.2, 0) is 6.18 Å². The Morgan fingerprint density at radius 3 is 2.38 bits per heavy atom. The average molecular weight is 437 g/mol. The van der Waals surface area contributed by atoms with Gasteiger partial charge in [-0.3, -0.25) is 9.59 Å². The van der Waals surface area contributed by atoms with Gasteiger partial charge in [0.1, 0.15) is 5.69 Å². The van der Waals surface area contributed by atoms with E-state index in [1.807, 2.05) is 6.92 Å². The monoisotopic (exact) mass is 437 g/mol. The number of benzene rings is 2. The normalized spacial score (nSPS) is 11.5. The number of nitrogen functional groups attached to an aromatic ring is 1. The molecule has 0 aliphatic heterocycles. The van der Waals surface area contributed by atoms with Crippen molar-refractivity contribution >= 4 is 28.6 Å². The lowest BCUT2D eigenvalue weighted by molar-refractivity contribution is -0.137. The molecule has 3 N–H and O–H groups in total. The van der Waals surface area contributed by atoms with Crippen LogP contribution >= 0.6 is 0 Å². The van der Waals surface area contributed by atoms with E-state index in [9.17, 15) is 22.8 Å². The van der Waals surface area contributed by atoms with Crippen molar-refractivity contribution in [1.29, 1.82) is 0 Å². The number of halogens is 3. The summed E-state index contributed by atoms with van der Waals surface area (Å²) in [5, 5.41) is 2.46. The highest BCUT2D eigenvalue weighted by Crippen LogP contribution is 2.32. The molecule has 0 bridgehead atoms. The number of nitrogens with zero attached hydrogens (tertiary/aromatic N) is 1. The maximum atomic E-state index is 13.2. The predicted octanol–water partition coefficient (Wildman–Crippen LogP) is 5.33. The van der Waals surface area contributed by atoms with Gasteiger partial charge in [-0.15, -0.1) is 0 Å². The zero-order valence-electron chi connectivity index (χ0n) is 16.9. The number of anilines is 2. The Kier molecular flexibility index (Phi) is 5.22. The first-order valence-corrected chi connectivity index (χ1v) is 9.65. The quantitative estimate of drug-likeness (QED) is 0.424. The topological polar surface area (TPSA) is 76.6 Å². The Hall–Kier alpha value is -4.07. The number of nitrogens with one attached hydrogen (secondary N) is 1. The Balaban J connectivity index is 1.77. The zero-order chi connectivity index (χ0) is 23.0. The number of pyridine rings is 1. The standard InChI is InChI=1S/C24H18F3N3O2/c1-14-8-10-15(11-9-14)22(31)21-20(28)19(18-7-2-3-12-30(18)21)23(32)29-17-6-4-5-16(13-17)24(25,26)27/h2-13H,28H2,1H3,(H,29,32). The highest BCUT2D eigenvalue weighted by molar-refractivity contribution is 6.20. The average Bonchev–Trinajstić information content (AvgIpc) is 3.05. The summed E-state index contributed by atoms with van der Waals surface area (Å²) in [6, 6.07) is 16.2. The molecule has 0 radical (unpaired) electrons. The Labute approximate surface area is 181 Å². The molecule has 0 fully saturated rings. The second kappa shape index (κ2) is 7.88. The number of aryl methyl sites for hydroxylation is 1. The lowest BCUT2D eigenvalue weighted by Gasteiger charge is -2.10. The van der Waals surface area contributed by atoms with Gasteiger partial charge in [0.15, 0.2) is 0 Å². The third kappa shape index (κ3) is 3.82. The molecule has 2 heterocycles. The molecule has 4 aromatic rings. The number of alkyl halides is 3. The van der Waals surface area contributed by atoms with Crippen LogP contribution in [0.25, 0.3) is 5.52 Å². The largest absolute Gasteiger partial charge is 0.416 e. The predicted molar refractivity (Wildman–Crippen MR) is 116 cm³/mol. The number of hydrogen-bond donors (Lipinski definition) is 2. The summed E-state index contributed by atoms with van der Waals surface area (Å²) in [7, 11) is 0. The summed E-state index contributed by atoms with van der Waals surface area (Å²) < 4.78 is 40.5. The summed E-state index contributed by atoms with van der Waals surface area (Å²) in [6.45, 7) is 1.89. The number of carbonyl (C=O) groups excluding carboxylic acids is 2. The van der Waals surface area contributed by atoms with Gasteiger partial charge in [0.05, 0.1) is 22.3 Å². The first kappa shape index (κ1) is 21.2. The second-order valence-electron chi connectivity index (χ2n) is 7.32. The van der Waals surface area contributed by atoms with Crippen molar-refractivity contribution in [3.63, 3.8) is 0 Å². The van der Waals surface area contributed by atoms with Crippen molar-refractivity contribution in [2.45, 2.75) is 13.1 Å². The highest BCUT2D eigenvalue weighted by atomic mass is 19.4. The maximum Gasteiger partial charge on any atom is 0.416 e. The molecule has 0 atom stereocenters. The fraction of sp³-hybridized carbons (Fsp3) is 0.0833. The number of carbonyl (C=O) groups is 2. The van der Waals surface area contributed by atoms with Crippen LogP contribution in [-0.4, -0.2) is 16.1 Å². The van der Waals surface area contributed by atoms with Crippen LogP contribution in [0.1, 0.15) is 37.5 Å². The summed E-state index contributed by atoms with van der Waals surface area (Å²) in [4.78, 5) is 26.2. The van der Waals surface area contributed by atoms with Gasteiger partial charge in [-0.05, 0) is 37.3 Å². The fourth-order valence-corrected chi connectivity index (χ4v) is 3.51. The smallest absolute Gasteiger partial charge is 0.396 e. The van der Waals surface area contributed by atoms with E-state index in [-0.39, 0.29) is 28.4 Å². The number of fused-ring (bicyclic) bond motifs is 1. The first-order chi connectivity index (χ1) is 15.2. The molecule has 2 aromatic heterocycles. The molecule has 0 aliphatic rings. The molecule has 0 spiro atoms. The van der Waals surface area contributed by atoms with Gasteiger partial charge in [0.25, 0.3) is 5.91 Å². The summed E-state index contributed by atoms with van der Waals surface area (Å²) >= 11 is 0. The molecule has 2 aromatic carbocycles. The van der Waals surface area contributed by atoms with E-state index in [0.29, 0.717) is 11.1 Å². The highest BCUT2D eigenvalue weighted by Gasteiger charge is 2.31. The Bertz CT molecular complexity index is 1340. The van der Waals surface area contributed by atoms with E-state index in [2.05, 4.69) is 5.32 Å². The van der Waals surface area contributed by atoms with E-state index in [1.165, 1.54) is 16.5 Å². The van der Waals surface area contributed by atoms with Crippen molar-refractivity contribution in [3.05, 3.63) is 101 Å². The van der Waals surface area contributed by atoms with Gasteiger partial charge in [0, 0.05) is 17.4 Å². The molecule has 0 saturated heterocycles.